The van der Waals surface area contributed by atoms with E-state index in [1.807, 2.05) is 12.1 Å². The quantitative estimate of drug-likeness (QED) is 0.792. The third-order valence-corrected chi connectivity index (χ3v) is 4.48. The lowest BCUT2D eigenvalue weighted by Gasteiger charge is -2.33. The highest BCUT2D eigenvalue weighted by atomic mass is 19.1. The van der Waals surface area contributed by atoms with Crippen molar-refractivity contribution in [3.63, 3.8) is 0 Å². The van der Waals surface area contributed by atoms with Gasteiger partial charge in [0.25, 0.3) is 5.91 Å². The molecule has 1 N–H and O–H groups in total. The summed E-state index contributed by atoms with van der Waals surface area (Å²) in [5.74, 6) is 0.170. The third kappa shape index (κ3) is 6.98. The number of halogens is 1. The Balaban J connectivity index is 1.96. The number of carbonyl (C=O) groups excluding carboxylic acids is 1. The monoisotopic (exact) mass is 390 g/mol. The molecule has 1 aliphatic heterocycles. The Morgan fingerprint density at radius 1 is 1.21 bits per heavy atom. The maximum absolute atomic E-state index is 12.9. The van der Waals surface area contributed by atoms with E-state index in [1.54, 1.807) is 0 Å². The summed E-state index contributed by atoms with van der Waals surface area (Å²) in [5.41, 5.74) is 1.76. The number of nitrogens with zero attached hydrogens (tertiary/aromatic N) is 1. The van der Waals surface area contributed by atoms with E-state index in [2.05, 4.69) is 57.1 Å². The predicted molar refractivity (Wildman–Crippen MR) is 109 cm³/mol. The van der Waals surface area contributed by atoms with E-state index < -0.39 is 18.7 Å². The average molecular weight is 390 g/mol. The molecule has 0 spiro atoms. The number of allylic oxidation sites excluding steroid dienone is 1. The molecule has 0 aromatic heterocycles. The normalized spacial score (nSPS) is 18.3. The molecule has 1 aromatic rings. The Kier molecular flexibility index (Phi) is 7.22. The van der Waals surface area contributed by atoms with Crippen LogP contribution in [0.4, 0.5) is 4.39 Å². The molecule has 28 heavy (non-hydrogen) atoms. The zero-order chi connectivity index (χ0) is 20.8. The minimum absolute atomic E-state index is 0.0691. The van der Waals surface area contributed by atoms with Gasteiger partial charge in [-0.2, -0.15) is 4.99 Å². The van der Waals surface area contributed by atoms with Crippen molar-refractivity contribution in [2.24, 2.45) is 10.4 Å². The maximum atomic E-state index is 12.9. The van der Waals surface area contributed by atoms with Crippen molar-refractivity contribution in [1.29, 1.82) is 0 Å². The Morgan fingerprint density at radius 3 is 2.50 bits per heavy atom. The number of carbonyl (C=O) groups is 1. The van der Waals surface area contributed by atoms with Gasteiger partial charge in [-0.15, -0.1) is 0 Å². The Labute approximate surface area is 167 Å². The molecule has 1 amide bonds. The first-order valence-electron chi connectivity index (χ1n) is 9.55. The molecule has 6 heteroatoms. The molecule has 0 fully saturated rings. The Hall–Kier alpha value is -2.37. The molecular formula is C22H31FN2O3. The molecule has 0 radical (unpaired) electrons. The maximum Gasteiger partial charge on any atom is 0.274 e. The topological polar surface area (TPSA) is 59.9 Å². The van der Waals surface area contributed by atoms with Crippen LogP contribution in [0.25, 0.3) is 0 Å². The molecular weight excluding hydrogens is 359 g/mol. The van der Waals surface area contributed by atoms with Crippen molar-refractivity contribution >= 4 is 12.3 Å². The van der Waals surface area contributed by atoms with Gasteiger partial charge in [-0.05, 0) is 34.9 Å². The summed E-state index contributed by atoms with van der Waals surface area (Å²) in [6.07, 6.45) is 2.89. The minimum atomic E-state index is -0.763. The Bertz CT molecular complexity index is 718. The highest BCUT2D eigenvalue weighted by Gasteiger charge is 2.27. The molecule has 1 aromatic carbocycles. The van der Waals surface area contributed by atoms with Gasteiger partial charge in [0.2, 0.25) is 0 Å². The van der Waals surface area contributed by atoms with Crippen molar-refractivity contribution in [3.05, 3.63) is 41.6 Å². The number of aliphatic imine (C=N–C) groups is 1. The van der Waals surface area contributed by atoms with Gasteiger partial charge >= 0.3 is 0 Å². The Morgan fingerprint density at radius 2 is 1.89 bits per heavy atom. The molecule has 1 heterocycles. The first-order chi connectivity index (χ1) is 13.1. The third-order valence-electron chi connectivity index (χ3n) is 4.48. The van der Waals surface area contributed by atoms with Crippen LogP contribution in [0.3, 0.4) is 0 Å². The number of hydrogen-bond donors (Lipinski definition) is 1. The first-order valence-corrected chi connectivity index (χ1v) is 9.55. The van der Waals surface area contributed by atoms with Gasteiger partial charge in [0, 0.05) is 11.8 Å². The molecule has 154 valence electrons. The lowest BCUT2D eigenvalue weighted by atomic mass is 9.72. The molecule has 1 aliphatic rings. The summed E-state index contributed by atoms with van der Waals surface area (Å²) >= 11 is 0. The molecule has 0 saturated heterocycles. The molecule has 0 aliphatic carbocycles. The number of benzene rings is 1. The summed E-state index contributed by atoms with van der Waals surface area (Å²) in [5, 5.41) is 2.86. The highest BCUT2D eigenvalue weighted by Crippen LogP contribution is 2.36. The second kappa shape index (κ2) is 9.22. The summed E-state index contributed by atoms with van der Waals surface area (Å²) < 4.78 is 24.2. The van der Waals surface area contributed by atoms with Crippen molar-refractivity contribution in [2.75, 3.05) is 19.8 Å². The number of nitrogens with one attached hydrogen (secondary N) is 1. The summed E-state index contributed by atoms with van der Waals surface area (Å²) in [4.78, 5) is 15.0. The first kappa shape index (κ1) is 21.9. The smallest absolute Gasteiger partial charge is 0.274 e. The van der Waals surface area contributed by atoms with Crippen LogP contribution < -0.4 is 10.1 Å². The van der Waals surface area contributed by atoms with Crippen LogP contribution in [-0.4, -0.2) is 38.2 Å². The van der Waals surface area contributed by atoms with Crippen LogP contribution in [0.5, 0.6) is 5.75 Å². The fourth-order valence-corrected chi connectivity index (χ4v) is 3.50. The number of amides is 1. The van der Waals surface area contributed by atoms with Gasteiger partial charge in [-0.1, -0.05) is 46.8 Å². The van der Waals surface area contributed by atoms with Crippen molar-refractivity contribution in [1.82, 2.24) is 5.32 Å². The van der Waals surface area contributed by atoms with E-state index in [0.717, 1.165) is 24.6 Å². The summed E-state index contributed by atoms with van der Waals surface area (Å²) in [6, 6.07) is 8.08. The summed E-state index contributed by atoms with van der Waals surface area (Å²) in [6.45, 7) is 11.0. The van der Waals surface area contributed by atoms with Gasteiger partial charge in [0.15, 0.2) is 12.5 Å². The largest absolute Gasteiger partial charge is 0.490 e. The van der Waals surface area contributed by atoms with E-state index in [-0.39, 0.29) is 23.1 Å². The van der Waals surface area contributed by atoms with Crippen molar-refractivity contribution < 1.29 is 18.7 Å². The summed E-state index contributed by atoms with van der Waals surface area (Å²) in [7, 11) is 0. The zero-order valence-corrected chi connectivity index (χ0v) is 17.4. The van der Waals surface area contributed by atoms with Gasteiger partial charge in [-0.3, -0.25) is 4.79 Å². The van der Waals surface area contributed by atoms with Crippen molar-refractivity contribution in [3.8, 4) is 5.75 Å². The lowest BCUT2D eigenvalue weighted by molar-refractivity contribution is -0.113. The van der Waals surface area contributed by atoms with E-state index in [9.17, 15) is 9.18 Å². The number of alkyl halides is 1. The van der Waals surface area contributed by atoms with E-state index >= 15 is 0 Å². The van der Waals surface area contributed by atoms with Crippen LogP contribution in [-0.2, 0) is 14.9 Å². The van der Waals surface area contributed by atoms with Gasteiger partial charge < -0.3 is 14.8 Å². The molecule has 2 rings (SSSR count). The molecule has 0 bridgehead atoms. The van der Waals surface area contributed by atoms with E-state index in [1.165, 1.54) is 5.56 Å². The fourth-order valence-electron chi connectivity index (χ4n) is 3.50. The second-order valence-corrected chi connectivity index (χ2v) is 8.97. The second-order valence-electron chi connectivity index (χ2n) is 8.97. The van der Waals surface area contributed by atoms with E-state index in [0.29, 0.717) is 6.54 Å². The molecule has 0 unspecified atom stereocenters. The van der Waals surface area contributed by atoms with Crippen LogP contribution in [0.2, 0.25) is 0 Å². The molecule has 0 saturated carbocycles. The van der Waals surface area contributed by atoms with Crippen LogP contribution >= 0.6 is 0 Å². The van der Waals surface area contributed by atoms with Crippen LogP contribution in [0, 0.1) is 5.41 Å². The van der Waals surface area contributed by atoms with Crippen LogP contribution in [0.15, 0.2) is 41.0 Å². The van der Waals surface area contributed by atoms with Crippen molar-refractivity contribution in [2.45, 2.75) is 52.6 Å². The van der Waals surface area contributed by atoms with Gasteiger partial charge in [-0.25, -0.2) is 4.39 Å². The number of ether oxygens (including phenoxy) is 2. The van der Waals surface area contributed by atoms with Gasteiger partial charge in [0.1, 0.15) is 19.0 Å². The number of hydrogen-bond acceptors (Lipinski definition) is 4. The lowest BCUT2D eigenvalue weighted by Crippen LogP contribution is -2.33. The number of rotatable bonds is 6. The van der Waals surface area contributed by atoms with E-state index in [4.69, 9.17) is 9.47 Å². The molecule has 5 nitrogen and oxygen atoms in total. The molecule has 1 atom stereocenters. The average Bonchev–Trinajstić information content (AvgIpc) is 2.68. The van der Waals surface area contributed by atoms with Crippen LogP contribution in [0.1, 0.15) is 46.6 Å². The predicted octanol–water partition coefficient (Wildman–Crippen LogP) is 4.18. The SMILES string of the molecule is CC(C)(C)CC(C)(C)c1ccc(OC[C@@H]2CNC(CF)=CC(=O)N=CO2)cc1. The standard InChI is InChI=1S/C22H31FN2O3/c1-21(2,3)14-22(4,5)16-6-8-18(9-7-16)27-13-19-12-24-17(11-23)10-20(26)25-15-28-19/h6-10,15,19,24H,11-14H2,1-5H3/t19-/m0/s1. The minimum Gasteiger partial charge on any atom is -0.490 e. The highest BCUT2D eigenvalue weighted by molar-refractivity contribution is 5.93. The zero-order valence-electron chi connectivity index (χ0n) is 17.4. The fraction of sp³-hybridized carbons (Fsp3) is 0.545. The van der Waals surface area contributed by atoms with Gasteiger partial charge in [0.05, 0.1) is 6.54 Å².